The fourth-order valence-corrected chi connectivity index (χ4v) is 2.92. The second-order valence-corrected chi connectivity index (χ2v) is 5.50. The van der Waals surface area contributed by atoms with E-state index in [1.807, 2.05) is 24.4 Å². The van der Waals surface area contributed by atoms with Crippen molar-refractivity contribution in [1.82, 2.24) is 9.38 Å². The molecule has 1 aromatic carbocycles. The van der Waals surface area contributed by atoms with Crippen LogP contribution in [0, 0.1) is 13.8 Å². The first-order valence-electron chi connectivity index (χ1n) is 7.17. The number of hydrogen-bond donors (Lipinski definition) is 0. The molecule has 0 aliphatic heterocycles. The lowest BCUT2D eigenvalue weighted by Gasteiger charge is -2.08. The zero-order valence-corrected chi connectivity index (χ0v) is 12.2. The predicted octanol–water partition coefficient (Wildman–Crippen LogP) is 4.77. The first-order chi connectivity index (χ1) is 10.2. The number of rotatable bonds is 1. The van der Waals surface area contributed by atoms with Crippen LogP contribution in [0.1, 0.15) is 11.3 Å². The van der Waals surface area contributed by atoms with Gasteiger partial charge in [0.05, 0.1) is 11.2 Å². The minimum absolute atomic E-state index is 1.02. The van der Waals surface area contributed by atoms with E-state index >= 15 is 0 Å². The van der Waals surface area contributed by atoms with Crippen molar-refractivity contribution in [2.45, 2.75) is 13.8 Å². The quantitative estimate of drug-likeness (QED) is 0.488. The molecular formula is C19H16N2. The van der Waals surface area contributed by atoms with Gasteiger partial charge in [0, 0.05) is 28.4 Å². The Morgan fingerprint density at radius 2 is 1.71 bits per heavy atom. The summed E-state index contributed by atoms with van der Waals surface area (Å²) in [7, 11) is 0. The molecule has 0 fully saturated rings. The van der Waals surface area contributed by atoms with E-state index < -0.39 is 0 Å². The van der Waals surface area contributed by atoms with Gasteiger partial charge >= 0.3 is 0 Å². The average molecular weight is 272 g/mol. The van der Waals surface area contributed by atoms with Gasteiger partial charge < -0.3 is 4.40 Å². The standard InChI is InChI=1S/C19H16N2/c1-13-10-17-9-8-16-12-20-18(15-6-4-3-5-7-15)11-19(16)21(17)14(13)2/h3-12H,1-2H3. The third-order valence-electron chi connectivity index (χ3n) is 4.18. The van der Waals surface area contributed by atoms with Crippen molar-refractivity contribution in [3.8, 4) is 11.3 Å². The molecule has 3 aromatic heterocycles. The van der Waals surface area contributed by atoms with Crippen LogP contribution >= 0.6 is 0 Å². The highest BCUT2D eigenvalue weighted by atomic mass is 14.9. The van der Waals surface area contributed by atoms with Crippen LogP contribution in [-0.4, -0.2) is 9.38 Å². The molecule has 4 rings (SSSR count). The van der Waals surface area contributed by atoms with E-state index in [0.29, 0.717) is 0 Å². The molecule has 0 aliphatic carbocycles. The summed E-state index contributed by atoms with van der Waals surface area (Å²) in [6.07, 6.45) is 1.96. The van der Waals surface area contributed by atoms with Gasteiger partial charge in [0.2, 0.25) is 0 Å². The van der Waals surface area contributed by atoms with Gasteiger partial charge in [-0.15, -0.1) is 0 Å². The first-order valence-corrected chi connectivity index (χ1v) is 7.17. The van der Waals surface area contributed by atoms with Gasteiger partial charge in [0.15, 0.2) is 0 Å². The summed E-state index contributed by atoms with van der Waals surface area (Å²) < 4.78 is 2.32. The van der Waals surface area contributed by atoms with Crippen molar-refractivity contribution >= 4 is 16.4 Å². The molecule has 4 aromatic rings. The second kappa shape index (κ2) is 4.45. The summed E-state index contributed by atoms with van der Waals surface area (Å²) in [5, 5.41) is 1.17. The van der Waals surface area contributed by atoms with E-state index in [9.17, 15) is 0 Å². The summed E-state index contributed by atoms with van der Waals surface area (Å²) in [5.74, 6) is 0. The molecule has 0 atom stereocenters. The van der Waals surface area contributed by atoms with Crippen LogP contribution in [0.4, 0.5) is 0 Å². The van der Waals surface area contributed by atoms with Crippen molar-refractivity contribution in [1.29, 1.82) is 0 Å². The van der Waals surface area contributed by atoms with Crippen LogP contribution in [0.5, 0.6) is 0 Å². The Balaban J connectivity index is 2.08. The van der Waals surface area contributed by atoms with E-state index in [-0.39, 0.29) is 0 Å². The van der Waals surface area contributed by atoms with Crippen molar-refractivity contribution in [2.75, 3.05) is 0 Å². The smallest absolute Gasteiger partial charge is 0.0723 e. The highest BCUT2D eigenvalue weighted by molar-refractivity contribution is 5.86. The third-order valence-corrected chi connectivity index (χ3v) is 4.18. The number of pyridine rings is 2. The van der Waals surface area contributed by atoms with Crippen LogP contribution in [0.25, 0.3) is 27.7 Å². The Kier molecular flexibility index (Phi) is 2.58. The maximum absolute atomic E-state index is 4.61. The predicted molar refractivity (Wildman–Crippen MR) is 87.6 cm³/mol. The van der Waals surface area contributed by atoms with Crippen LogP contribution < -0.4 is 0 Å². The molecule has 3 heterocycles. The van der Waals surface area contributed by atoms with Gasteiger partial charge in [0.25, 0.3) is 0 Å². The topological polar surface area (TPSA) is 17.3 Å². The van der Waals surface area contributed by atoms with Crippen LogP contribution in [0.2, 0.25) is 0 Å². The Hall–Kier alpha value is -2.61. The number of aromatic nitrogens is 2. The number of benzene rings is 1. The number of hydrogen-bond acceptors (Lipinski definition) is 1. The Bertz CT molecular complexity index is 950. The Labute approximate surface area is 123 Å². The number of aryl methyl sites for hydroxylation is 2. The molecule has 0 amide bonds. The molecule has 0 aliphatic rings. The lowest BCUT2D eigenvalue weighted by atomic mass is 10.1. The van der Waals surface area contributed by atoms with Gasteiger partial charge in [-0.3, -0.25) is 4.98 Å². The lowest BCUT2D eigenvalue weighted by Crippen LogP contribution is -1.93. The molecule has 2 heteroatoms. The maximum atomic E-state index is 4.61. The van der Waals surface area contributed by atoms with Gasteiger partial charge in [-0.1, -0.05) is 30.3 Å². The van der Waals surface area contributed by atoms with Crippen molar-refractivity contribution < 1.29 is 0 Å². The molecule has 102 valence electrons. The number of fused-ring (bicyclic) bond motifs is 3. The van der Waals surface area contributed by atoms with E-state index in [4.69, 9.17) is 0 Å². The van der Waals surface area contributed by atoms with E-state index in [1.165, 1.54) is 27.7 Å². The van der Waals surface area contributed by atoms with Crippen LogP contribution in [0.3, 0.4) is 0 Å². The molecule has 0 radical (unpaired) electrons. The highest BCUT2D eigenvalue weighted by Crippen LogP contribution is 2.26. The summed E-state index contributed by atoms with van der Waals surface area (Å²) in [6.45, 7) is 4.33. The van der Waals surface area contributed by atoms with E-state index in [0.717, 1.165) is 11.3 Å². The average Bonchev–Trinajstić information content (AvgIpc) is 2.83. The normalized spacial score (nSPS) is 11.3. The molecule has 0 saturated carbocycles. The highest BCUT2D eigenvalue weighted by Gasteiger charge is 2.08. The maximum Gasteiger partial charge on any atom is 0.0723 e. The van der Waals surface area contributed by atoms with E-state index in [1.54, 1.807) is 0 Å². The van der Waals surface area contributed by atoms with Gasteiger partial charge in [-0.2, -0.15) is 0 Å². The van der Waals surface area contributed by atoms with Crippen LogP contribution in [-0.2, 0) is 0 Å². The minimum Gasteiger partial charge on any atom is -0.313 e. The molecule has 0 bridgehead atoms. The first kappa shape index (κ1) is 12.2. The Morgan fingerprint density at radius 1 is 0.905 bits per heavy atom. The van der Waals surface area contributed by atoms with Crippen LogP contribution in [0.15, 0.2) is 60.8 Å². The van der Waals surface area contributed by atoms with Crippen molar-refractivity contribution in [3.05, 3.63) is 72.1 Å². The zero-order valence-electron chi connectivity index (χ0n) is 12.2. The zero-order chi connectivity index (χ0) is 14.4. The lowest BCUT2D eigenvalue weighted by molar-refractivity contribution is 1.14. The molecule has 2 nitrogen and oxygen atoms in total. The molecule has 0 unspecified atom stereocenters. The summed E-state index contributed by atoms with van der Waals surface area (Å²) >= 11 is 0. The molecular weight excluding hydrogens is 256 g/mol. The summed E-state index contributed by atoms with van der Waals surface area (Å²) in [5.41, 5.74) is 7.23. The van der Waals surface area contributed by atoms with Gasteiger partial charge in [-0.25, -0.2) is 0 Å². The van der Waals surface area contributed by atoms with Crippen molar-refractivity contribution in [3.63, 3.8) is 0 Å². The molecule has 0 saturated heterocycles. The number of nitrogens with zero attached hydrogens (tertiary/aromatic N) is 2. The largest absolute Gasteiger partial charge is 0.313 e. The third kappa shape index (κ3) is 1.83. The minimum atomic E-state index is 1.02. The monoisotopic (exact) mass is 272 g/mol. The molecule has 21 heavy (non-hydrogen) atoms. The molecule has 0 spiro atoms. The molecule has 0 N–H and O–H groups in total. The fraction of sp³-hybridized carbons (Fsp3) is 0.105. The van der Waals surface area contributed by atoms with Gasteiger partial charge in [0.1, 0.15) is 0 Å². The van der Waals surface area contributed by atoms with Crippen molar-refractivity contribution in [2.24, 2.45) is 0 Å². The van der Waals surface area contributed by atoms with Gasteiger partial charge in [-0.05, 0) is 43.7 Å². The summed E-state index contributed by atoms with van der Waals surface area (Å²) in [6, 6.07) is 19.0. The Morgan fingerprint density at radius 3 is 2.52 bits per heavy atom. The summed E-state index contributed by atoms with van der Waals surface area (Å²) in [4.78, 5) is 4.61. The second-order valence-electron chi connectivity index (χ2n) is 5.50. The van der Waals surface area contributed by atoms with E-state index in [2.05, 4.69) is 59.6 Å². The SMILES string of the molecule is Cc1cc2ccc3cnc(-c4ccccc4)cc3n2c1C. The fourth-order valence-electron chi connectivity index (χ4n) is 2.92.